The Labute approximate surface area is 182 Å². The van der Waals surface area contributed by atoms with E-state index in [2.05, 4.69) is 0 Å². The number of halogens is 2. The molecule has 1 heterocycles. The van der Waals surface area contributed by atoms with Gasteiger partial charge in [0.1, 0.15) is 5.75 Å². The van der Waals surface area contributed by atoms with Crippen LogP contribution >= 0.6 is 0 Å². The van der Waals surface area contributed by atoms with E-state index in [1.54, 1.807) is 4.90 Å². The first-order valence-corrected chi connectivity index (χ1v) is 12.0. The molecule has 1 unspecified atom stereocenters. The summed E-state index contributed by atoms with van der Waals surface area (Å²) in [4.78, 5) is 14.7. The minimum Gasteiger partial charge on any atom is -0.484 e. The maximum atomic E-state index is 13.6. The van der Waals surface area contributed by atoms with Crippen molar-refractivity contribution in [2.75, 3.05) is 6.26 Å². The molecule has 1 atom stereocenters. The summed E-state index contributed by atoms with van der Waals surface area (Å²) >= 11 is 0. The molecule has 0 radical (unpaired) electrons. The van der Waals surface area contributed by atoms with Crippen LogP contribution in [-0.4, -0.2) is 37.5 Å². The highest BCUT2D eigenvalue weighted by molar-refractivity contribution is 7.90. The third-order valence-electron chi connectivity index (χ3n) is 5.00. The second-order valence-corrected chi connectivity index (χ2v) is 9.60. The second-order valence-electron chi connectivity index (χ2n) is 7.58. The molecule has 31 heavy (non-hydrogen) atoms. The molecule has 0 aliphatic carbocycles. The molecule has 0 saturated heterocycles. The van der Waals surface area contributed by atoms with Crippen molar-refractivity contribution in [2.45, 2.75) is 64.6 Å². The molecular weight excluding hydrogens is 424 g/mol. The number of carbonyl (C=O) groups excluding carboxylic acids is 1. The van der Waals surface area contributed by atoms with Crippen LogP contribution in [0.25, 0.3) is 0 Å². The van der Waals surface area contributed by atoms with Crippen molar-refractivity contribution < 1.29 is 26.7 Å². The van der Waals surface area contributed by atoms with E-state index in [0.717, 1.165) is 29.9 Å². The van der Waals surface area contributed by atoms with Crippen LogP contribution in [0.5, 0.6) is 5.75 Å². The van der Waals surface area contributed by atoms with E-state index >= 15 is 0 Å². The highest BCUT2D eigenvalue weighted by Gasteiger charge is 2.34. The Morgan fingerprint density at radius 3 is 2.29 bits per heavy atom. The van der Waals surface area contributed by atoms with Crippen LogP contribution in [0.2, 0.25) is 0 Å². The summed E-state index contributed by atoms with van der Waals surface area (Å²) in [6, 6.07) is 9.61. The first-order chi connectivity index (χ1) is 14.4. The van der Waals surface area contributed by atoms with Gasteiger partial charge < -0.3 is 9.64 Å². The summed E-state index contributed by atoms with van der Waals surface area (Å²) < 4.78 is 56.5. The van der Waals surface area contributed by atoms with Gasteiger partial charge in [-0.15, -0.1) is 0 Å². The lowest BCUT2D eigenvalue weighted by molar-refractivity contribution is -0.0720. The van der Waals surface area contributed by atoms with E-state index < -0.39 is 27.8 Å². The Bertz CT molecular complexity index is 1060. The van der Waals surface area contributed by atoms with Crippen molar-refractivity contribution in [1.29, 1.82) is 0 Å². The molecule has 8 heteroatoms. The van der Waals surface area contributed by atoms with Crippen molar-refractivity contribution in [1.82, 2.24) is 4.90 Å². The Morgan fingerprint density at radius 2 is 1.71 bits per heavy atom. The zero-order valence-electron chi connectivity index (χ0n) is 18.7. The molecule has 1 aliphatic heterocycles. The molecule has 2 aromatic rings. The summed E-state index contributed by atoms with van der Waals surface area (Å²) in [7, 11) is -3.59. The zero-order chi connectivity index (χ0) is 23.6. The van der Waals surface area contributed by atoms with E-state index in [0.29, 0.717) is 13.1 Å². The van der Waals surface area contributed by atoms with Crippen molar-refractivity contribution >= 4 is 15.7 Å². The van der Waals surface area contributed by atoms with Crippen molar-refractivity contribution in [3.8, 4) is 5.75 Å². The maximum Gasteiger partial charge on any atom is 0.281 e. The minimum absolute atomic E-state index is 0.0476. The molecule has 3 rings (SSSR count). The molecule has 0 spiro atoms. The van der Waals surface area contributed by atoms with E-state index in [-0.39, 0.29) is 16.2 Å². The number of nitrogens with zero attached hydrogens (tertiary/aromatic N) is 1. The van der Waals surface area contributed by atoms with Crippen LogP contribution in [0.1, 0.15) is 54.7 Å². The van der Waals surface area contributed by atoms with Crippen molar-refractivity contribution in [3.63, 3.8) is 0 Å². The number of aryl methyl sites for hydroxylation is 1. The molecule has 5 nitrogen and oxygen atoms in total. The summed E-state index contributed by atoms with van der Waals surface area (Å²) in [5.74, 6) is -3.66. The lowest BCUT2D eigenvalue weighted by Gasteiger charge is -2.24. The molecular formula is C23H29F2NO4S. The fourth-order valence-corrected chi connectivity index (χ4v) is 3.79. The molecule has 0 N–H and O–H groups in total. The van der Waals surface area contributed by atoms with Crippen LogP contribution in [0.4, 0.5) is 8.78 Å². The van der Waals surface area contributed by atoms with Crippen molar-refractivity contribution in [3.05, 3.63) is 58.7 Å². The molecule has 2 aromatic carbocycles. The van der Waals surface area contributed by atoms with Gasteiger partial charge in [-0.3, -0.25) is 4.79 Å². The standard InChI is InChI=1S/C21H23F2NO4S.C2H6/c1-13-5-6-15-11-24(12-16(15)9-13)20(25)18-10-17(29(4,26)27)7-8-19(18)28-14(2)21(3,22)23;1-2/h5-10,14H,11-12H2,1-4H3;1-2H3. The van der Waals surface area contributed by atoms with E-state index in [1.807, 2.05) is 39.0 Å². The third-order valence-corrected chi connectivity index (χ3v) is 6.11. The minimum atomic E-state index is -3.59. The predicted octanol–water partition coefficient (Wildman–Crippen LogP) is 5.00. The molecule has 0 aromatic heterocycles. The quantitative estimate of drug-likeness (QED) is 0.639. The van der Waals surface area contributed by atoms with Crippen LogP contribution in [0.3, 0.4) is 0 Å². The molecule has 0 fully saturated rings. The van der Waals surface area contributed by atoms with Crippen LogP contribution in [0.15, 0.2) is 41.3 Å². The van der Waals surface area contributed by atoms with Gasteiger partial charge in [0, 0.05) is 26.3 Å². The number of carbonyl (C=O) groups is 1. The number of hydrogen-bond acceptors (Lipinski definition) is 4. The average molecular weight is 454 g/mol. The summed E-state index contributed by atoms with van der Waals surface area (Å²) in [5, 5.41) is 0. The van der Waals surface area contributed by atoms with E-state index in [1.165, 1.54) is 25.1 Å². The lowest BCUT2D eigenvalue weighted by Crippen LogP contribution is -2.33. The van der Waals surface area contributed by atoms with Gasteiger partial charge >= 0.3 is 0 Å². The van der Waals surface area contributed by atoms with Gasteiger partial charge in [-0.2, -0.15) is 0 Å². The topological polar surface area (TPSA) is 63.7 Å². The van der Waals surface area contributed by atoms with Gasteiger partial charge in [-0.05, 0) is 43.2 Å². The van der Waals surface area contributed by atoms with Gasteiger partial charge in [0.25, 0.3) is 11.8 Å². The molecule has 1 aliphatic rings. The molecule has 0 bridgehead atoms. The van der Waals surface area contributed by atoms with Gasteiger partial charge in [0.05, 0.1) is 10.5 Å². The number of sulfone groups is 1. The summed E-state index contributed by atoms with van der Waals surface area (Å²) in [5.41, 5.74) is 3.03. The summed E-state index contributed by atoms with van der Waals surface area (Å²) in [6.07, 6.45) is -0.467. The normalized spacial score (nSPS) is 14.4. The number of benzene rings is 2. The van der Waals surface area contributed by atoms with E-state index in [4.69, 9.17) is 4.74 Å². The third kappa shape index (κ3) is 5.81. The van der Waals surface area contributed by atoms with Crippen LogP contribution < -0.4 is 4.74 Å². The van der Waals surface area contributed by atoms with Gasteiger partial charge in [-0.1, -0.05) is 37.6 Å². The monoisotopic (exact) mass is 453 g/mol. The lowest BCUT2D eigenvalue weighted by atomic mass is 10.1. The first kappa shape index (κ1) is 24.8. The van der Waals surface area contributed by atoms with Gasteiger partial charge in [0.15, 0.2) is 15.9 Å². The van der Waals surface area contributed by atoms with Crippen LogP contribution in [0, 0.1) is 6.92 Å². The predicted molar refractivity (Wildman–Crippen MR) is 116 cm³/mol. The SMILES string of the molecule is CC.Cc1ccc2c(c1)CN(C(=O)c1cc(S(C)(=O)=O)ccc1OC(C)C(C)(F)F)C2. The molecule has 0 saturated carbocycles. The van der Waals surface area contributed by atoms with Crippen LogP contribution in [-0.2, 0) is 22.9 Å². The van der Waals surface area contributed by atoms with E-state index in [9.17, 15) is 22.0 Å². The van der Waals surface area contributed by atoms with Crippen molar-refractivity contribution in [2.24, 2.45) is 0 Å². The zero-order valence-corrected chi connectivity index (χ0v) is 19.5. The Balaban J connectivity index is 0.00000166. The fourth-order valence-electron chi connectivity index (χ4n) is 3.14. The summed E-state index contributed by atoms with van der Waals surface area (Å²) in [6.45, 7) is 8.60. The number of rotatable bonds is 5. The number of fused-ring (bicyclic) bond motifs is 1. The maximum absolute atomic E-state index is 13.6. The van der Waals surface area contributed by atoms with Gasteiger partial charge in [-0.25, -0.2) is 17.2 Å². The average Bonchev–Trinajstić information content (AvgIpc) is 3.10. The smallest absolute Gasteiger partial charge is 0.281 e. The number of ether oxygens (including phenoxy) is 1. The highest BCUT2D eigenvalue weighted by atomic mass is 32.2. The fraction of sp³-hybridized carbons (Fsp3) is 0.435. The second kappa shape index (κ2) is 9.34. The Kier molecular flexibility index (Phi) is 7.47. The molecule has 1 amide bonds. The Morgan fingerprint density at radius 1 is 1.10 bits per heavy atom. The number of amides is 1. The Hall–Kier alpha value is -2.48. The highest BCUT2D eigenvalue weighted by Crippen LogP contribution is 2.31. The number of hydrogen-bond donors (Lipinski definition) is 0. The largest absolute Gasteiger partial charge is 0.484 e. The van der Waals surface area contributed by atoms with Gasteiger partial charge in [0.2, 0.25) is 0 Å². The molecule has 170 valence electrons. The number of alkyl halides is 2. The first-order valence-electron chi connectivity index (χ1n) is 10.1.